The van der Waals surface area contributed by atoms with E-state index in [0.29, 0.717) is 0 Å². The van der Waals surface area contributed by atoms with Crippen LogP contribution in [0.2, 0.25) is 0 Å². The van der Waals surface area contributed by atoms with Crippen molar-refractivity contribution in [2.75, 3.05) is 0 Å². The molecule has 2 nitrogen and oxygen atoms in total. The Labute approximate surface area is 72.0 Å². The van der Waals surface area contributed by atoms with Crippen LogP contribution in [-0.2, 0) is 22.4 Å². The first kappa shape index (κ1) is 8.91. The molecule has 0 radical (unpaired) electrons. The van der Waals surface area contributed by atoms with Crippen LogP contribution < -0.4 is 5.11 Å². The van der Waals surface area contributed by atoms with E-state index >= 15 is 0 Å². The van der Waals surface area contributed by atoms with Gasteiger partial charge in [-0.15, -0.1) is 11.3 Å². The topological polar surface area (TPSA) is 40.1 Å². The molecule has 1 aromatic heterocycles. The van der Waals surface area contributed by atoms with Crippen molar-refractivity contribution in [1.82, 2.24) is 0 Å². The summed E-state index contributed by atoms with van der Waals surface area (Å²) in [5.41, 5.74) is 0. The van der Waals surface area contributed by atoms with E-state index in [4.69, 9.17) is 0 Å². The van der Waals surface area contributed by atoms with Crippen LogP contribution in [-0.4, -0.2) is 5.97 Å². The Hall–Kier alpha value is -0.0897. The SMILES string of the molecule is O=C([O-])c1cccs1.[Ag+]. The van der Waals surface area contributed by atoms with E-state index < -0.39 is 5.97 Å². The number of thiophene rings is 1. The molecule has 4 heteroatoms. The monoisotopic (exact) mass is 234 g/mol. The van der Waals surface area contributed by atoms with Gasteiger partial charge in [0.2, 0.25) is 0 Å². The van der Waals surface area contributed by atoms with E-state index in [9.17, 15) is 9.90 Å². The van der Waals surface area contributed by atoms with Gasteiger partial charge >= 0.3 is 22.4 Å². The van der Waals surface area contributed by atoms with Crippen LogP contribution in [0.1, 0.15) is 9.67 Å². The van der Waals surface area contributed by atoms with Crippen LogP contribution in [0, 0.1) is 0 Å². The summed E-state index contributed by atoms with van der Waals surface area (Å²) in [6.07, 6.45) is 0. The maximum absolute atomic E-state index is 9.96. The van der Waals surface area contributed by atoms with Gasteiger partial charge in [0.15, 0.2) is 0 Å². The van der Waals surface area contributed by atoms with E-state index in [0.717, 1.165) is 0 Å². The zero-order chi connectivity index (χ0) is 5.98. The van der Waals surface area contributed by atoms with Crippen LogP contribution in [0.5, 0.6) is 0 Å². The van der Waals surface area contributed by atoms with E-state index in [1.807, 2.05) is 0 Å². The van der Waals surface area contributed by atoms with Gasteiger partial charge in [-0.1, -0.05) is 6.07 Å². The summed E-state index contributed by atoms with van der Waals surface area (Å²) in [5.74, 6) is -1.10. The smallest absolute Gasteiger partial charge is 0.544 e. The Morgan fingerprint density at radius 3 is 2.56 bits per heavy atom. The summed E-state index contributed by atoms with van der Waals surface area (Å²) >= 11 is 1.17. The van der Waals surface area contributed by atoms with Crippen molar-refractivity contribution in [2.45, 2.75) is 0 Å². The molecule has 0 aromatic carbocycles. The summed E-state index contributed by atoms with van der Waals surface area (Å²) in [6.45, 7) is 0. The summed E-state index contributed by atoms with van der Waals surface area (Å²) in [6, 6.07) is 3.19. The molecule has 0 unspecified atom stereocenters. The van der Waals surface area contributed by atoms with Gasteiger partial charge in [0.05, 0.1) is 5.97 Å². The van der Waals surface area contributed by atoms with Gasteiger partial charge in [0, 0.05) is 4.88 Å². The Kier molecular flexibility index (Phi) is 3.81. The molecule has 0 aliphatic rings. The zero-order valence-electron chi connectivity index (χ0n) is 4.26. The molecule has 1 rings (SSSR count). The second-order valence-electron chi connectivity index (χ2n) is 1.26. The summed E-state index contributed by atoms with van der Waals surface area (Å²) in [7, 11) is 0. The van der Waals surface area contributed by atoms with E-state index in [1.165, 1.54) is 17.4 Å². The van der Waals surface area contributed by atoms with E-state index in [1.54, 1.807) is 11.4 Å². The molecular weight excluding hydrogens is 232 g/mol. The maximum Gasteiger partial charge on any atom is 1.00 e. The van der Waals surface area contributed by atoms with Gasteiger partial charge in [-0.3, -0.25) is 0 Å². The molecule has 0 amide bonds. The minimum absolute atomic E-state index is 0. The van der Waals surface area contributed by atoms with Gasteiger partial charge in [-0.2, -0.15) is 0 Å². The van der Waals surface area contributed by atoms with Crippen molar-refractivity contribution in [3.63, 3.8) is 0 Å². The van der Waals surface area contributed by atoms with Gasteiger partial charge < -0.3 is 9.90 Å². The molecule has 0 atom stereocenters. The van der Waals surface area contributed by atoms with Crippen molar-refractivity contribution < 1.29 is 32.3 Å². The Bertz CT molecular complexity index is 183. The quantitative estimate of drug-likeness (QED) is 0.648. The van der Waals surface area contributed by atoms with E-state index in [-0.39, 0.29) is 27.3 Å². The van der Waals surface area contributed by atoms with Crippen molar-refractivity contribution in [2.24, 2.45) is 0 Å². The van der Waals surface area contributed by atoms with Crippen LogP contribution >= 0.6 is 11.3 Å². The molecule has 52 valence electrons. The molecule has 0 saturated heterocycles. The third kappa shape index (κ3) is 2.32. The van der Waals surface area contributed by atoms with Crippen LogP contribution in [0.3, 0.4) is 0 Å². The Morgan fingerprint density at radius 1 is 1.67 bits per heavy atom. The summed E-state index contributed by atoms with van der Waals surface area (Å²) in [4.78, 5) is 10.2. The average Bonchev–Trinajstić information content (AvgIpc) is 2.12. The first-order valence-corrected chi connectivity index (χ1v) is 2.93. The fourth-order valence-corrected chi connectivity index (χ4v) is 0.952. The van der Waals surface area contributed by atoms with Crippen LogP contribution in [0.4, 0.5) is 0 Å². The molecule has 1 aromatic rings. The van der Waals surface area contributed by atoms with Crippen molar-refractivity contribution in [3.8, 4) is 0 Å². The van der Waals surface area contributed by atoms with Gasteiger partial charge in [0.25, 0.3) is 0 Å². The first-order valence-electron chi connectivity index (χ1n) is 2.05. The number of aromatic carboxylic acids is 1. The van der Waals surface area contributed by atoms with Crippen molar-refractivity contribution >= 4 is 17.3 Å². The third-order valence-corrected chi connectivity index (χ3v) is 1.57. The van der Waals surface area contributed by atoms with Crippen LogP contribution in [0.15, 0.2) is 17.5 Å². The molecule has 9 heavy (non-hydrogen) atoms. The Balaban J connectivity index is 0.000000640. The largest absolute Gasteiger partial charge is 1.00 e. The van der Waals surface area contributed by atoms with Crippen molar-refractivity contribution in [1.29, 1.82) is 0 Å². The molecule has 0 bridgehead atoms. The molecule has 0 aliphatic heterocycles. The molecule has 0 saturated carbocycles. The number of rotatable bonds is 1. The number of carbonyl (C=O) groups excluding carboxylic acids is 1. The summed E-state index contributed by atoms with van der Waals surface area (Å²) in [5, 5.41) is 11.7. The average molecular weight is 235 g/mol. The molecule has 0 aliphatic carbocycles. The molecular formula is C5H3AgO2S. The molecule has 0 N–H and O–H groups in total. The minimum atomic E-state index is -1.10. The van der Waals surface area contributed by atoms with Gasteiger partial charge in [0.1, 0.15) is 0 Å². The maximum atomic E-state index is 9.96. The van der Waals surface area contributed by atoms with Crippen molar-refractivity contribution in [3.05, 3.63) is 22.4 Å². The fraction of sp³-hybridized carbons (Fsp3) is 0. The second-order valence-corrected chi connectivity index (χ2v) is 2.21. The first-order chi connectivity index (χ1) is 3.80. The fourth-order valence-electron chi connectivity index (χ4n) is 0.395. The number of carboxylic acids is 1. The zero-order valence-corrected chi connectivity index (χ0v) is 6.56. The normalized spacial score (nSPS) is 8.00. The number of hydrogen-bond acceptors (Lipinski definition) is 3. The molecule has 0 spiro atoms. The summed E-state index contributed by atoms with van der Waals surface area (Å²) < 4.78 is 0. The Morgan fingerprint density at radius 2 is 2.33 bits per heavy atom. The molecule has 1 heterocycles. The van der Waals surface area contributed by atoms with Crippen LogP contribution in [0.25, 0.3) is 0 Å². The predicted molar refractivity (Wildman–Crippen MR) is 28.6 cm³/mol. The van der Waals surface area contributed by atoms with Gasteiger partial charge in [-0.05, 0) is 11.4 Å². The molecule has 0 fully saturated rings. The minimum Gasteiger partial charge on any atom is -0.544 e. The van der Waals surface area contributed by atoms with Gasteiger partial charge in [-0.25, -0.2) is 0 Å². The number of hydrogen-bond donors (Lipinski definition) is 0. The second kappa shape index (κ2) is 3.85. The predicted octanol–water partition coefficient (Wildman–Crippen LogP) is 0.109. The number of carboxylic acid groups (broad SMARTS) is 1. The van der Waals surface area contributed by atoms with E-state index in [2.05, 4.69) is 0 Å². The third-order valence-electron chi connectivity index (χ3n) is 0.722. The number of carbonyl (C=O) groups is 1. The standard InChI is InChI=1S/C5H4O2S.Ag/c6-5(7)4-2-1-3-8-4;/h1-3H,(H,6,7);/q;+1/p-1.